The Hall–Kier alpha value is -4.02. The molecule has 2 saturated heterocycles. The van der Waals surface area contributed by atoms with Gasteiger partial charge in [0.15, 0.2) is 36.6 Å². The lowest BCUT2D eigenvalue weighted by atomic mass is 9.51. The van der Waals surface area contributed by atoms with Crippen molar-refractivity contribution in [2.75, 3.05) is 19.1 Å². The number of hydrogen-bond donors (Lipinski definition) is 1. The van der Waals surface area contributed by atoms with E-state index in [1.807, 2.05) is 0 Å². The second kappa shape index (κ2) is 17.0. The van der Waals surface area contributed by atoms with Crippen molar-refractivity contribution in [1.29, 1.82) is 0 Å². The maximum absolute atomic E-state index is 13.6. The van der Waals surface area contributed by atoms with Crippen LogP contribution < -0.4 is 0 Å². The largest absolute Gasteiger partial charge is 0.459 e. The number of halogens is 1. The van der Waals surface area contributed by atoms with Gasteiger partial charge in [0, 0.05) is 45.4 Å². The van der Waals surface area contributed by atoms with Crippen molar-refractivity contribution in [3.8, 4) is 0 Å². The molecule has 2 heterocycles. The Morgan fingerprint density at radius 2 is 1.42 bits per heavy atom. The van der Waals surface area contributed by atoms with Crippen molar-refractivity contribution in [3.05, 3.63) is 23.8 Å². The lowest BCUT2D eigenvalue weighted by Crippen LogP contribution is -2.76. The molecule has 16 nitrogen and oxygen atoms in total. The summed E-state index contributed by atoms with van der Waals surface area (Å²) in [4.78, 5) is 91.9. The molecule has 11 atom stereocenters. The van der Waals surface area contributed by atoms with E-state index in [9.17, 15) is 38.7 Å². The minimum atomic E-state index is -2.42. The molecular formula is C38H51ClO16. The van der Waals surface area contributed by atoms with E-state index >= 15 is 0 Å². The third-order valence-electron chi connectivity index (χ3n) is 10.4. The van der Waals surface area contributed by atoms with E-state index in [1.165, 1.54) is 32.1 Å². The van der Waals surface area contributed by atoms with E-state index in [4.69, 9.17) is 49.5 Å². The van der Waals surface area contributed by atoms with Gasteiger partial charge in [-0.15, -0.1) is 11.6 Å². The van der Waals surface area contributed by atoms with E-state index in [1.54, 1.807) is 27.7 Å². The van der Waals surface area contributed by atoms with Gasteiger partial charge < -0.3 is 43.0 Å². The first kappa shape index (κ1) is 43.7. The minimum Gasteiger partial charge on any atom is -0.459 e. The molecule has 0 radical (unpaired) electrons. The predicted molar refractivity (Wildman–Crippen MR) is 189 cm³/mol. The van der Waals surface area contributed by atoms with Crippen LogP contribution in [-0.2, 0) is 71.5 Å². The molecule has 2 aliphatic heterocycles. The minimum absolute atomic E-state index is 0.0123. The lowest BCUT2D eigenvalue weighted by molar-refractivity contribution is -0.279. The van der Waals surface area contributed by atoms with Gasteiger partial charge in [-0.25, -0.2) is 4.79 Å². The molecule has 0 aromatic heterocycles. The fraction of sp³-hybridized carbons (Fsp3) is 0.711. The third-order valence-corrected chi connectivity index (χ3v) is 10.7. The molecule has 1 N–H and O–H groups in total. The number of rotatable bonds is 12. The molecule has 1 spiro atoms. The highest BCUT2D eigenvalue weighted by atomic mass is 35.5. The summed E-state index contributed by atoms with van der Waals surface area (Å²) in [5.74, 6) is -9.44. The standard InChI is InChI=1S/C38H51ClO16/c1-18(2)12-27(43)48-16-29(45)53-25-11-10-24(15-39)14-26-38(47,20(5)35(46)54-26)34(52-23(8)42)31-36(25,9)32(51-22(7)41)30(50-21(6)40)33(37(31)17-49-37)55-28(44)13-19(3)4/h10-11,14,18-20,25-26,30-34,47H,12-13,15-17H2,1-9H3/b11-10-,24-14+/t20-,25+,26-,30+,31+,32-,33+,34-,36+,37-,38-/m0/s1. The molecular weight excluding hydrogens is 748 g/mol. The van der Waals surface area contributed by atoms with E-state index in [-0.39, 0.29) is 42.7 Å². The molecule has 55 heavy (non-hydrogen) atoms. The summed E-state index contributed by atoms with van der Waals surface area (Å²) in [6, 6.07) is 0. The van der Waals surface area contributed by atoms with Crippen molar-refractivity contribution in [2.45, 2.75) is 123 Å². The Labute approximate surface area is 324 Å². The number of alkyl halides is 1. The van der Waals surface area contributed by atoms with Crippen molar-refractivity contribution < 1.29 is 76.6 Å². The second-order valence-electron chi connectivity index (χ2n) is 15.6. The van der Waals surface area contributed by atoms with Crippen molar-refractivity contribution in [2.24, 2.45) is 29.1 Å². The van der Waals surface area contributed by atoms with Crippen LogP contribution in [0.25, 0.3) is 0 Å². The number of esters is 7. The van der Waals surface area contributed by atoms with Gasteiger partial charge in [-0.3, -0.25) is 28.8 Å². The Bertz CT molecular complexity index is 1600. The maximum atomic E-state index is 13.6. The van der Waals surface area contributed by atoms with Crippen LogP contribution in [0.5, 0.6) is 0 Å². The van der Waals surface area contributed by atoms with Gasteiger partial charge in [-0.2, -0.15) is 0 Å². The van der Waals surface area contributed by atoms with Gasteiger partial charge >= 0.3 is 41.8 Å². The van der Waals surface area contributed by atoms with Crippen LogP contribution in [0.4, 0.5) is 0 Å². The number of carbonyl (C=O) groups is 7. The van der Waals surface area contributed by atoms with Crippen molar-refractivity contribution >= 4 is 53.4 Å². The number of aliphatic hydroxyl groups is 1. The Balaban J connectivity index is 2.08. The Morgan fingerprint density at radius 3 is 1.95 bits per heavy atom. The van der Waals surface area contributed by atoms with Crippen LogP contribution >= 0.6 is 11.6 Å². The summed E-state index contributed by atoms with van der Waals surface area (Å²) >= 11 is 6.33. The van der Waals surface area contributed by atoms with Gasteiger partial charge in [-0.05, 0) is 36.5 Å². The topological polar surface area (TPSA) is 217 Å². The molecule has 0 bridgehead atoms. The number of ether oxygens (including phenoxy) is 8. The Morgan fingerprint density at radius 1 is 0.855 bits per heavy atom. The van der Waals surface area contributed by atoms with E-state index < -0.39 is 113 Å². The van der Waals surface area contributed by atoms with Gasteiger partial charge in [0.2, 0.25) is 0 Å². The molecule has 0 aromatic rings. The highest BCUT2D eigenvalue weighted by Gasteiger charge is 2.81. The SMILES string of the molecule is CC(=O)O[C@H]1[C@@H](OC(=O)CC(C)C)[C@]2(CO2)[C@@H]2[C@H](OC(C)=O)[C@@]3(O)[C@H](/C=C(CCl)\C=C/[C@@H](OC(=O)COC(=O)CC(C)C)[C@@]2(C)[C@H]1OC(C)=O)OC(=O)[C@@H]3C. The van der Waals surface area contributed by atoms with Gasteiger partial charge in [0.25, 0.3) is 0 Å². The van der Waals surface area contributed by atoms with Gasteiger partial charge in [-0.1, -0.05) is 40.7 Å². The normalized spacial score (nSPS) is 36.6. The molecule has 0 unspecified atom stereocenters. The maximum Gasteiger partial charge on any atom is 0.344 e. The zero-order chi connectivity index (χ0) is 41.2. The fourth-order valence-corrected chi connectivity index (χ4v) is 8.15. The summed E-state index contributed by atoms with van der Waals surface area (Å²) in [6.07, 6.45) is -5.74. The smallest absolute Gasteiger partial charge is 0.344 e. The fourth-order valence-electron chi connectivity index (χ4n) is 7.97. The Kier molecular flexibility index (Phi) is 13.5. The monoisotopic (exact) mass is 798 g/mol. The molecule has 4 aliphatic rings. The number of allylic oxidation sites excluding steroid dienone is 2. The van der Waals surface area contributed by atoms with E-state index in [0.717, 1.165) is 20.8 Å². The van der Waals surface area contributed by atoms with Crippen molar-refractivity contribution in [3.63, 3.8) is 0 Å². The number of fused-ring (bicyclic) bond motifs is 3. The van der Waals surface area contributed by atoms with Gasteiger partial charge in [0.05, 0.1) is 17.9 Å². The average molecular weight is 799 g/mol. The molecule has 0 aromatic carbocycles. The molecule has 4 rings (SSSR count). The molecule has 3 fully saturated rings. The van der Waals surface area contributed by atoms with Crippen LogP contribution in [0.2, 0.25) is 0 Å². The average Bonchev–Trinajstić information content (AvgIpc) is 3.82. The molecule has 0 amide bonds. The zero-order valence-electron chi connectivity index (χ0n) is 32.5. The number of hydrogen-bond acceptors (Lipinski definition) is 16. The second-order valence-corrected chi connectivity index (χ2v) is 15.9. The summed E-state index contributed by atoms with van der Waals surface area (Å²) in [6.45, 7) is 12.1. The quantitative estimate of drug-likeness (QED) is 0.130. The lowest BCUT2D eigenvalue weighted by Gasteiger charge is -2.59. The number of epoxide rings is 1. The van der Waals surface area contributed by atoms with Crippen LogP contribution in [0, 0.1) is 29.1 Å². The third kappa shape index (κ3) is 9.01. The first-order valence-corrected chi connectivity index (χ1v) is 18.7. The molecule has 2 aliphatic carbocycles. The van der Waals surface area contributed by atoms with Crippen LogP contribution in [-0.4, -0.2) is 114 Å². The van der Waals surface area contributed by atoms with Crippen LogP contribution in [0.1, 0.15) is 75.2 Å². The summed E-state index contributed by atoms with van der Waals surface area (Å²) in [5, 5.41) is 12.9. The van der Waals surface area contributed by atoms with Crippen molar-refractivity contribution in [1.82, 2.24) is 0 Å². The molecule has 17 heteroatoms. The highest BCUT2D eigenvalue weighted by molar-refractivity contribution is 6.19. The van der Waals surface area contributed by atoms with Crippen LogP contribution in [0.15, 0.2) is 23.8 Å². The van der Waals surface area contributed by atoms with Gasteiger partial charge in [0.1, 0.15) is 17.8 Å². The molecule has 306 valence electrons. The molecule has 1 saturated carbocycles. The summed E-state index contributed by atoms with van der Waals surface area (Å²) < 4.78 is 47.0. The number of carbonyl (C=O) groups excluding carboxylic acids is 7. The predicted octanol–water partition coefficient (Wildman–Crippen LogP) is 2.67. The first-order chi connectivity index (χ1) is 25.6. The zero-order valence-corrected chi connectivity index (χ0v) is 33.2. The summed E-state index contributed by atoms with van der Waals surface area (Å²) in [7, 11) is 0. The first-order valence-electron chi connectivity index (χ1n) is 18.2. The van der Waals surface area contributed by atoms with Crippen LogP contribution in [0.3, 0.4) is 0 Å². The van der Waals surface area contributed by atoms with E-state index in [0.29, 0.717) is 0 Å². The highest BCUT2D eigenvalue weighted by Crippen LogP contribution is 2.63. The summed E-state index contributed by atoms with van der Waals surface area (Å²) in [5.41, 5.74) is -5.95. The van der Waals surface area contributed by atoms with E-state index in [2.05, 4.69) is 0 Å².